The van der Waals surface area contributed by atoms with Crippen molar-refractivity contribution >= 4 is 33.7 Å². The summed E-state index contributed by atoms with van der Waals surface area (Å²) in [6.45, 7) is 0. The maximum Gasteiger partial charge on any atom is 0.216 e. The molecule has 1 fully saturated rings. The van der Waals surface area contributed by atoms with E-state index in [1.165, 1.54) is 12.1 Å². The molecule has 0 bridgehead atoms. The van der Waals surface area contributed by atoms with E-state index in [1.807, 2.05) is 48.5 Å². The minimum atomic E-state index is -0.456. The van der Waals surface area contributed by atoms with Crippen molar-refractivity contribution in [2.24, 2.45) is 5.92 Å². The van der Waals surface area contributed by atoms with Crippen molar-refractivity contribution in [2.45, 2.75) is 12.8 Å². The number of rotatable bonds is 4. The number of fused-ring (bicyclic) bond motifs is 1. The van der Waals surface area contributed by atoms with Gasteiger partial charge in [-0.25, -0.2) is 4.39 Å². The fraction of sp³-hybridized carbons (Fsp3) is 0.125. The predicted octanol–water partition coefficient (Wildman–Crippen LogP) is 6.86. The zero-order valence-corrected chi connectivity index (χ0v) is 16.2. The van der Waals surface area contributed by atoms with Gasteiger partial charge in [-0.1, -0.05) is 54.1 Å². The van der Waals surface area contributed by atoms with E-state index in [4.69, 9.17) is 11.6 Å². The van der Waals surface area contributed by atoms with Crippen LogP contribution in [-0.2, 0) is 0 Å². The monoisotopic (exact) mass is 406 g/mol. The van der Waals surface area contributed by atoms with Gasteiger partial charge in [-0.05, 0) is 70.9 Å². The second-order valence-electron chi connectivity index (χ2n) is 7.32. The van der Waals surface area contributed by atoms with Crippen LogP contribution in [0.4, 0.5) is 8.78 Å². The van der Waals surface area contributed by atoms with Crippen molar-refractivity contribution in [1.29, 1.82) is 0 Å². The number of allylic oxidation sites excluding steroid dienone is 1. The van der Waals surface area contributed by atoms with Crippen LogP contribution in [0.5, 0.6) is 0 Å². The fourth-order valence-corrected chi connectivity index (χ4v) is 4.12. The van der Waals surface area contributed by atoms with Gasteiger partial charge in [0.25, 0.3) is 0 Å². The first-order valence-electron chi connectivity index (χ1n) is 9.51. The van der Waals surface area contributed by atoms with Crippen molar-refractivity contribution in [3.05, 3.63) is 100 Å². The zero-order valence-electron chi connectivity index (χ0n) is 15.4. The van der Waals surface area contributed by atoms with Gasteiger partial charge in [0.15, 0.2) is 0 Å². The van der Waals surface area contributed by atoms with Crippen LogP contribution in [0, 0.1) is 17.7 Å². The van der Waals surface area contributed by atoms with E-state index in [1.54, 1.807) is 6.07 Å². The molecule has 1 saturated carbocycles. The van der Waals surface area contributed by atoms with Crippen LogP contribution >= 0.6 is 11.6 Å². The summed E-state index contributed by atoms with van der Waals surface area (Å²) >= 11 is 6.47. The second-order valence-corrected chi connectivity index (χ2v) is 7.73. The number of benzene rings is 3. The van der Waals surface area contributed by atoms with E-state index in [0.29, 0.717) is 21.8 Å². The number of nitrogens with one attached hydrogen (secondary N) is 1. The van der Waals surface area contributed by atoms with E-state index in [9.17, 15) is 8.78 Å². The smallest absolute Gasteiger partial charge is 0.216 e. The van der Waals surface area contributed by atoms with E-state index in [-0.39, 0.29) is 5.82 Å². The summed E-state index contributed by atoms with van der Waals surface area (Å²) in [5.74, 6) is -0.489. The first-order valence-corrected chi connectivity index (χ1v) is 9.88. The zero-order chi connectivity index (χ0) is 20.0. The van der Waals surface area contributed by atoms with Crippen LogP contribution in [-0.4, -0.2) is 10.2 Å². The number of hydrogen-bond donors (Lipinski definition) is 1. The topological polar surface area (TPSA) is 28.7 Å². The lowest BCUT2D eigenvalue weighted by Gasteiger charge is -2.18. The van der Waals surface area contributed by atoms with Crippen molar-refractivity contribution in [3.63, 3.8) is 0 Å². The number of hydrogen-bond acceptors (Lipinski definition) is 1. The summed E-state index contributed by atoms with van der Waals surface area (Å²) in [5.41, 5.74) is 5.35. The molecule has 0 saturated heterocycles. The predicted molar refractivity (Wildman–Crippen MR) is 113 cm³/mol. The first-order chi connectivity index (χ1) is 14.1. The quantitative estimate of drug-likeness (QED) is 0.368. The Hall–Kier alpha value is -2.98. The highest BCUT2D eigenvalue weighted by Gasteiger charge is 2.31. The average molecular weight is 407 g/mol. The molecule has 0 amide bonds. The molecule has 144 valence electrons. The molecular weight excluding hydrogens is 390 g/mol. The molecule has 5 heteroatoms. The molecule has 3 aromatic carbocycles. The molecule has 1 N–H and O–H groups in total. The Kier molecular flexibility index (Phi) is 4.44. The van der Waals surface area contributed by atoms with E-state index < -0.39 is 5.95 Å². The Morgan fingerprint density at radius 3 is 2.45 bits per heavy atom. The number of H-pyrrole nitrogens is 1. The van der Waals surface area contributed by atoms with Crippen molar-refractivity contribution in [3.8, 4) is 0 Å². The van der Waals surface area contributed by atoms with Gasteiger partial charge in [-0.3, -0.25) is 5.10 Å². The molecule has 4 aromatic rings. The van der Waals surface area contributed by atoms with E-state index >= 15 is 0 Å². The van der Waals surface area contributed by atoms with Crippen LogP contribution < -0.4 is 0 Å². The van der Waals surface area contributed by atoms with E-state index in [0.717, 1.165) is 40.7 Å². The summed E-state index contributed by atoms with van der Waals surface area (Å²) in [4.78, 5) is 0. The van der Waals surface area contributed by atoms with Gasteiger partial charge < -0.3 is 0 Å². The average Bonchev–Trinajstić information content (AvgIpc) is 3.50. The number of aromatic amines is 1. The number of aromatic nitrogens is 2. The molecule has 0 unspecified atom stereocenters. The molecule has 5 rings (SSSR count). The summed E-state index contributed by atoms with van der Waals surface area (Å²) in [6, 6.07) is 20.1. The van der Waals surface area contributed by atoms with Gasteiger partial charge in [0.05, 0.1) is 15.9 Å². The minimum Gasteiger partial charge on any atom is -0.252 e. The van der Waals surface area contributed by atoms with Crippen LogP contribution in [0.25, 0.3) is 22.0 Å². The van der Waals surface area contributed by atoms with E-state index in [2.05, 4.69) is 10.2 Å². The van der Waals surface area contributed by atoms with Gasteiger partial charge in [0, 0.05) is 0 Å². The molecule has 0 aliphatic heterocycles. The SMILES string of the molecule is Fc1ccc(/C(=C(\c2ccccc2)c2ccc3n[nH]c(F)c3c2)C2CC2)c(Cl)c1. The van der Waals surface area contributed by atoms with Gasteiger partial charge in [0.2, 0.25) is 5.95 Å². The summed E-state index contributed by atoms with van der Waals surface area (Å²) in [7, 11) is 0. The van der Waals surface area contributed by atoms with Crippen LogP contribution in [0.2, 0.25) is 5.02 Å². The lowest BCUT2D eigenvalue weighted by molar-refractivity contribution is 0.588. The Morgan fingerprint density at radius 1 is 0.931 bits per heavy atom. The Labute approximate surface area is 171 Å². The molecule has 29 heavy (non-hydrogen) atoms. The van der Waals surface area contributed by atoms with Gasteiger partial charge in [0.1, 0.15) is 5.82 Å². The highest BCUT2D eigenvalue weighted by Crippen LogP contribution is 2.49. The highest BCUT2D eigenvalue weighted by atomic mass is 35.5. The number of halogens is 3. The normalized spacial score (nSPS) is 14.9. The highest BCUT2D eigenvalue weighted by molar-refractivity contribution is 6.32. The molecule has 2 nitrogen and oxygen atoms in total. The third-order valence-electron chi connectivity index (χ3n) is 5.33. The maximum atomic E-state index is 14.2. The van der Waals surface area contributed by atoms with Crippen LogP contribution in [0.15, 0.2) is 66.7 Å². The molecule has 0 spiro atoms. The maximum absolute atomic E-state index is 14.2. The lowest BCUT2D eigenvalue weighted by Crippen LogP contribution is -1.98. The third-order valence-corrected chi connectivity index (χ3v) is 5.65. The van der Waals surface area contributed by atoms with Gasteiger partial charge >= 0.3 is 0 Å². The molecule has 1 heterocycles. The summed E-state index contributed by atoms with van der Waals surface area (Å²) < 4.78 is 27.9. The molecule has 1 aromatic heterocycles. The van der Waals surface area contributed by atoms with Gasteiger partial charge in [-0.2, -0.15) is 9.49 Å². The Bertz CT molecular complexity index is 1240. The molecule has 0 radical (unpaired) electrons. The number of nitrogens with zero attached hydrogens (tertiary/aromatic N) is 1. The molecule has 1 aliphatic rings. The first kappa shape index (κ1) is 18.1. The van der Waals surface area contributed by atoms with Crippen molar-refractivity contribution in [2.75, 3.05) is 0 Å². The van der Waals surface area contributed by atoms with Crippen LogP contribution in [0.3, 0.4) is 0 Å². The Morgan fingerprint density at radius 2 is 1.72 bits per heavy atom. The van der Waals surface area contributed by atoms with Gasteiger partial charge in [-0.15, -0.1) is 0 Å². The lowest BCUT2D eigenvalue weighted by atomic mass is 9.86. The third kappa shape index (κ3) is 3.34. The largest absolute Gasteiger partial charge is 0.252 e. The van der Waals surface area contributed by atoms with Crippen LogP contribution in [0.1, 0.15) is 29.5 Å². The summed E-state index contributed by atoms with van der Waals surface area (Å²) in [6.07, 6.45) is 2.09. The van der Waals surface area contributed by atoms with Crippen molar-refractivity contribution < 1.29 is 8.78 Å². The summed E-state index contributed by atoms with van der Waals surface area (Å²) in [5, 5.41) is 7.21. The van der Waals surface area contributed by atoms with Crippen molar-refractivity contribution in [1.82, 2.24) is 10.2 Å². The standard InChI is InChI=1S/C24H17ClF2N2/c25-20-13-17(26)9-10-18(20)23(15-6-7-15)22(14-4-2-1-3-5-14)16-8-11-21-19(12-16)24(27)29-28-21/h1-5,8-13,15H,6-7H2,(H,28,29)/b23-22+. The molecular formula is C24H17ClF2N2. The molecule has 1 aliphatic carbocycles. The Balaban J connectivity index is 1.83. The minimum absolute atomic E-state index is 0.332. The molecule has 0 atom stereocenters. The second kappa shape index (κ2) is 7.12. The fourth-order valence-electron chi connectivity index (χ4n) is 3.86.